The summed E-state index contributed by atoms with van der Waals surface area (Å²) in [6.45, 7) is 4.47. The molecule has 0 aliphatic heterocycles. The van der Waals surface area contributed by atoms with Crippen LogP contribution in [-0.4, -0.2) is 41.9 Å². The average molecular weight is 614 g/mol. The molecule has 0 fully saturated rings. The number of aliphatic hydroxyl groups is 1. The zero-order chi connectivity index (χ0) is 31.2. The van der Waals surface area contributed by atoms with E-state index in [2.05, 4.69) is 31.3 Å². The Balaban J connectivity index is 4.02. The number of allylic oxidation sites excluding steroid dienone is 3. The molecule has 2 unspecified atom stereocenters. The molecule has 0 aromatic heterocycles. The molecule has 2 atom stereocenters. The summed E-state index contributed by atoms with van der Waals surface area (Å²) in [5.41, 5.74) is 0. The van der Waals surface area contributed by atoms with E-state index >= 15 is 0 Å². The van der Waals surface area contributed by atoms with Crippen molar-refractivity contribution in [1.29, 1.82) is 0 Å². The summed E-state index contributed by atoms with van der Waals surface area (Å²) in [6.07, 6.45) is 36.0. The van der Waals surface area contributed by atoms with Crippen LogP contribution in [0.25, 0.3) is 0 Å². The Morgan fingerprint density at radius 3 is 1.50 bits per heavy atom. The van der Waals surface area contributed by atoms with Gasteiger partial charge in [-0.2, -0.15) is 8.42 Å². The Morgan fingerprint density at radius 1 is 0.619 bits per heavy atom. The topological polar surface area (TPSA) is 104 Å². The van der Waals surface area contributed by atoms with Crippen molar-refractivity contribution >= 4 is 16.0 Å². The molecule has 42 heavy (non-hydrogen) atoms. The molecule has 248 valence electrons. The van der Waals surface area contributed by atoms with Crippen molar-refractivity contribution in [1.82, 2.24) is 5.32 Å². The summed E-state index contributed by atoms with van der Waals surface area (Å²) in [7, 11) is -4.34. The fourth-order valence-electron chi connectivity index (χ4n) is 5.23. The summed E-state index contributed by atoms with van der Waals surface area (Å²) in [4.78, 5) is 12.4. The van der Waals surface area contributed by atoms with Crippen LogP contribution < -0.4 is 5.32 Å². The summed E-state index contributed by atoms with van der Waals surface area (Å²) >= 11 is 0. The van der Waals surface area contributed by atoms with Crippen molar-refractivity contribution in [3.63, 3.8) is 0 Å². The highest BCUT2D eigenvalue weighted by molar-refractivity contribution is 7.85. The number of unbranched alkanes of at least 4 members (excludes halogenated alkanes) is 21. The summed E-state index contributed by atoms with van der Waals surface area (Å²) < 4.78 is 32.2. The highest BCUT2D eigenvalue weighted by atomic mass is 32.2. The lowest BCUT2D eigenvalue weighted by molar-refractivity contribution is -0.122. The molecule has 0 aliphatic carbocycles. The number of rotatable bonds is 31. The monoisotopic (exact) mass is 613 g/mol. The van der Waals surface area contributed by atoms with Crippen LogP contribution >= 0.6 is 0 Å². The Morgan fingerprint density at radius 2 is 1.02 bits per heavy atom. The number of hydrogen-bond donors (Lipinski definition) is 3. The van der Waals surface area contributed by atoms with Crippen LogP contribution in [0, 0.1) is 0 Å². The van der Waals surface area contributed by atoms with Crippen LogP contribution in [0.15, 0.2) is 24.3 Å². The van der Waals surface area contributed by atoms with Crippen LogP contribution in [0.1, 0.15) is 174 Å². The van der Waals surface area contributed by atoms with E-state index in [1.54, 1.807) is 0 Å². The minimum Gasteiger partial charge on any atom is -0.387 e. The molecule has 0 aromatic rings. The van der Waals surface area contributed by atoms with Gasteiger partial charge in [-0.25, -0.2) is 0 Å². The molecule has 3 N–H and O–H groups in total. The summed E-state index contributed by atoms with van der Waals surface area (Å²) in [6, 6.07) is -1.07. The number of hydrogen-bond acceptors (Lipinski definition) is 4. The molecule has 0 rings (SSSR count). The van der Waals surface area contributed by atoms with Crippen molar-refractivity contribution < 1.29 is 22.9 Å². The normalized spacial score (nSPS) is 13.7. The van der Waals surface area contributed by atoms with Gasteiger partial charge in [0.15, 0.2) is 0 Å². The Labute approximate surface area is 260 Å². The van der Waals surface area contributed by atoms with E-state index in [-0.39, 0.29) is 12.3 Å². The highest BCUT2D eigenvalue weighted by Crippen LogP contribution is 2.13. The van der Waals surface area contributed by atoms with Crippen LogP contribution in [-0.2, 0) is 14.9 Å². The lowest BCUT2D eigenvalue weighted by Gasteiger charge is -2.21. The maximum absolute atomic E-state index is 12.4. The molecule has 0 saturated carbocycles. The smallest absolute Gasteiger partial charge is 0.267 e. The van der Waals surface area contributed by atoms with Gasteiger partial charge >= 0.3 is 0 Å². The fourth-order valence-corrected chi connectivity index (χ4v) is 5.96. The third-order valence-corrected chi connectivity index (χ3v) is 8.66. The SMILES string of the molecule is CCCCCCCCCCCCCC/C=C/CC/C=C/C(O)C(CS(=O)(=O)O)NC(=O)CCCCCCCCCCC. The first-order valence-corrected chi connectivity index (χ1v) is 19.1. The van der Waals surface area contributed by atoms with E-state index < -0.39 is 28.0 Å². The predicted octanol–water partition coefficient (Wildman–Crippen LogP) is 9.62. The molecule has 0 radical (unpaired) electrons. The molecule has 6 nitrogen and oxygen atoms in total. The molecule has 0 bridgehead atoms. The van der Waals surface area contributed by atoms with Crippen LogP contribution in [0.3, 0.4) is 0 Å². The van der Waals surface area contributed by atoms with Gasteiger partial charge in [0, 0.05) is 6.42 Å². The first-order valence-electron chi connectivity index (χ1n) is 17.5. The van der Waals surface area contributed by atoms with Gasteiger partial charge in [0.1, 0.15) is 0 Å². The molecule has 0 spiro atoms. The summed E-state index contributed by atoms with van der Waals surface area (Å²) in [5, 5.41) is 13.1. The molecule has 0 aromatic carbocycles. The first kappa shape index (κ1) is 40.8. The van der Waals surface area contributed by atoms with Gasteiger partial charge in [0.2, 0.25) is 5.91 Å². The third kappa shape index (κ3) is 30.3. The van der Waals surface area contributed by atoms with Crippen LogP contribution in [0.4, 0.5) is 0 Å². The number of carbonyl (C=O) groups excluding carboxylic acids is 1. The maximum Gasteiger partial charge on any atom is 0.267 e. The van der Waals surface area contributed by atoms with E-state index in [1.165, 1.54) is 122 Å². The van der Waals surface area contributed by atoms with Gasteiger partial charge in [-0.1, -0.05) is 160 Å². The molecule has 0 saturated heterocycles. The molecular formula is C35H67NO5S. The average Bonchev–Trinajstić information content (AvgIpc) is 2.94. The second-order valence-corrected chi connectivity index (χ2v) is 13.6. The number of aliphatic hydroxyl groups excluding tert-OH is 1. The van der Waals surface area contributed by atoms with Crippen molar-refractivity contribution in [2.45, 2.75) is 187 Å². The fraction of sp³-hybridized carbons (Fsp3) is 0.857. The predicted molar refractivity (Wildman–Crippen MR) is 179 cm³/mol. The van der Waals surface area contributed by atoms with Crippen molar-refractivity contribution in [2.24, 2.45) is 0 Å². The second kappa shape index (κ2) is 29.9. The minimum atomic E-state index is -4.34. The van der Waals surface area contributed by atoms with E-state index in [9.17, 15) is 22.9 Å². The highest BCUT2D eigenvalue weighted by Gasteiger charge is 2.24. The van der Waals surface area contributed by atoms with Crippen LogP contribution in [0.5, 0.6) is 0 Å². The van der Waals surface area contributed by atoms with Gasteiger partial charge in [-0.3, -0.25) is 9.35 Å². The Kier molecular flexibility index (Phi) is 29.0. The quantitative estimate of drug-likeness (QED) is 0.0410. The van der Waals surface area contributed by atoms with Crippen molar-refractivity contribution in [2.75, 3.05) is 5.75 Å². The van der Waals surface area contributed by atoms with E-state index in [1.807, 2.05) is 6.08 Å². The largest absolute Gasteiger partial charge is 0.387 e. The van der Waals surface area contributed by atoms with Crippen LogP contribution in [0.2, 0.25) is 0 Å². The van der Waals surface area contributed by atoms with Gasteiger partial charge < -0.3 is 10.4 Å². The Bertz CT molecular complexity index is 765. The number of amides is 1. The Hall–Kier alpha value is -1.18. The van der Waals surface area contributed by atoms with Gasteiger partial charge in [0.05, 0.1) is 17.9 Å². The van der Waals surface area contributed by atoms with E-state index in [0.717, 1.165) is 38.5 Å². The molecule has 7 heteroatoms. The molecule has 0 heterocycles. The number of carbonyl (C=O) groups is 1. The molecule has 1 amide bonds. The third-order valence-electron chi connectivity index (χ3n) is 7.88. The minimum absolute atomic E-state index is 0.290. The van der Waals surface area contributed by atoms with E-state index in [0.29, 0.717) is 0 Å². The standard InChI is InChI=1S/C35H67NO5S/c1-3-5-7-9-11-13-14-15-16-17-18-19-20-21-23-24-26-28-30-34(37)33(32-42(39,40)41)36-35(38)31-29-27-25-22-12-10-8-6-4-2/h21,23,28,30,33-34,37H,3-20,22,24-27,29,31-32H2,1-2H3,(H,36,38)(H,39,40,41)/b23-21+,30-28+. The first-order chi connectivity index (χ1) is 20.3. The van der Waals surface area contributed by atoms with E-state index in [4.69, 9.17) is 0 Å². The number of nitrogens with one attached hydrogen (secondary N) is 1. The summed E-state index contributed by atoms with van der Waals surface area (Å²) in [5.74, 6) is -0.999. The molecular weight excluding hydrogens is 546 g/mol. The van der Waals surface area contributed by atoms with Gasteiger partial charge in [0.25, 0.3) is 10.1 Å². The maximum atomic E-state index is 12.4. The van der Waals surface area contributed by atoms with Gasteiger partial charge in [-0.15, -0.1) is 0 Å². The lowest BCUT2D eigenvalue weighted by atomic mass is 10.0. The zero-order valence-electron chi connectivity index (χ0n) is 27.4. The lowest BCUT2D eigenvalue weighted by Crippen LogP contribution is -2.46. The zero-order valence-corrected chi connectivity index (χ0v) is 28.2. The van der Waals surface area contributed by atoms with Crippen molar-refractivity contribution in [3.05, 3.63) is 24.3 Å². The molecule has 0 aliphatic rings. The van der Waals surface area contributed by atoms with Crippen molar-refractivity contribution in [3.8, 4) is 0 Å². The second-order valence-electron chi connectivity index (χ2n) is 12.1. The van der Waals surface area contributed by atoms with Gasteiger partial charge in [-0.05, 0) is 32.1 Å².